The van der Waals surface area contributed by atoms with E-state index in [0.29, 0.717) is 13.0 Å². The van der Waals surface area contributed by atoms with Crippen molar-refractivity contribution in [3.05, 3.63) is 0 Å². The number of nitrogens with one attached hydrogen (secondary N) is 2. The number of amides is 2. The monoisotopic (exact) mass is 272 g/mol. The minimum absolute atomic E-state index is 0.142. The summed E-state index contributed by atoms with van der Waals surface area (Å²) in [6.07, 6.45) is 0.715. The average Bonchev–Trinajstić information content (AvgIpc) is 2.36. The maximum Gasteiger partial charge on any atom is 0.329 e. The van der Waals surface area contributed by atoms with Crippen molar-refractivity contribution in [3.63, 3.8) is 0 Å². The van der Waals surface area contributed by atoms with Gasteiger partial charge in [0.15, 0.2) is 0 Å². The lowest BCUT2D eigenvalue weighted by molar-refractivity contribution is -0.137. The fourth-order valence-electron chi connectivity index (χ4n) is 1.84. The highest BCUT2D eigenvalue weighted by molar-refractivity contribution is 5.73. The molecule has 0 saturated carbocycles. The number of urea groups is 1. The number of hydrogen-bond donors (Lipinski definition) is 3. The van der Waals surface area contributed by atoms with Gasteiger partial charge >= 0.3 is 12.0 Å². The molecule has 7 heteroatoms. The zero-order valence-electron chi connectivity index (χ0n) is 11.7. The number of likely N-dealkylation sites (N-methyl/N-ethyl adjacent to an activating group) is 1. The van der Waals surface area contributed by atoms with Gasteiger partial charge in [-0.3, -0.25) is 10.2 Å². The lowest BCUT2D eigenvalue weighted by Gasteiger charge is -2.32. The van der Waals surface area contributed by atoms with Gasteiger partial charge in [0.05, 0.1) is 0 Å². The summed E-state index contributed by atoms with van der Waals surface area (Å²) in [5.41, 5.74) is 2.80. The van der Waals surface area contributed by atoms with Crippen LogP contribution in [0.4, 0.5) is 4.79 Å². The molecule has 0 aromatic carbocycles. The van der Waals surface area contributed by atoms with Gasteiger partial charge in [-0.2, -0.15) is 0 Å². The Morgan fingerprint density at radius 3 is 2.47 bits per heavy atom. The summed E-state index contributed by atoms with van der Waals surface area (Å²) in [7, 11) is 2.06. The first-order chi connectivity index (χ1) is 8.97. The molecule has 1 heterocycles. The van der Waals surface area contributed by atoms with Crippen LogP contribution in [0, 0.1) is 5.92 Å². The van der Waals surface area contributed by atoms with E-state index in [-0.39, 0.29) is 18.4 Å². The Hall–Kier alpha value is -1.34. The number of hydrogen-bond acceptors (Lipinski definition) is 4. The Morgan fingerprint density at radius 1 is 1.26 bits per heavy atom. The van der Waals surface area contributed by atoms with Gasteiger partial charge in [0, 0.05) is 39.1 Å². The third-order valence-electron chi connectivity index (χ3n) is 3.23. The first-order valence-corrected chi connectivity index (χ1v) is 6.67. The van der Waals surface area contributed by atoms with Crippen molar-refractivity contribution in [2.75, 3.05) is 39.8 Å². The third-order valence-corrected chi connectivity index (χ3v) is 3.23. The highest BCUT2D eigenvalue weighted by Gasteiger charge is 2.15. The Morgan fingerprint density at radius 2 is 1.89 bits per heavy atom. The lowest BCUT2D eigenvalue weighted by Crippen LogP contribution is -2.55. The van der Waals surface area contributed by atoms with Crippen molar-refractivity contribution in [1.82, 2.24) is 20.7 Å². The molecule has 0 aromatic heterocycles. The molecule has 1 aliphatic heterocycles. The molecule has 0 bridgehead atoms. The van der Waals surface area contributed by atoms with Crippen LogP contribution in [-0.2, 0) is 4.79 Å². The van der Waals surface area contributed by atoms with Crippen LogP contribution in [0.15, 0.2) is 0 Å². The van der Waals surface area contributed by atoms with Gasteiger partial charge in [-0.1, -0.05) is 6.92 Å². The summed E-state index contributed by atoms with van der Waals surface area (Å²) in [5.74, 6) is -0.636. The Balaban J connectivity index is 2.12. The Bertz CT molecular complexity index is 303. The summed E-state index contributed by atoms with van der Waals surface area (Å²) in [6.45, 7) is 5.94. The first kappa shape index (κ1) is 15.7. The number of carboxylic acids is 1. The fraction of sp³-hybridized carbons (Fsp3) is 0.833. The number of carboxylic acid groups (broad SMARTS) is 1. The molecule has 1 unspecified atom stereocenters. The van der Waals surface area contributed by atoms with Crippen LogP contribution in [0.25, 0.3) is 0 Å². The Kier molecular flexibility index (Phi) is 6.58. The van der Waals surface area contributed by atoms with Crippen LogP contribution < -0.4 is 10.7 Å². The van der Waals surface area contributed by atoms with E-state index in [1.165, 1.54) is 0 Å². The van der Waals surface area contributed by atoms with E-state index in [0.717, 1.165) is 26.2 Å². The summed E-state index contributed by atoms with van der Waals surface area (Å²) in [5, 5.41) is 13.2. The minimum atomic E-state index is -0.797. The van der Waals surface area contributed by atoms with Crippen LogP contribution >= 0.6 is 0 Å². The highest BCUT2D eigenvalue weighted by Crippen LogP contribution is 2.03. The third kappa shape index (κ3) is 6.97. The second-order valence-corrected chi connectivity index (χ2v) is 5.15. The molecule has 1 aliphatic rings. The Labute approximate surface area is 113 Å². The number of rotatable bonds is 6. The SMILES string of the molecule is CC(CCC(=O)O)CNC(=O)NN1CCN(C)CC1. The molecule has 0 radical (unpaired) electrons. The zero-order chi connectivity index (χ0) is 14.3. The molecule has 110 valence electrons. The number of aliphatic carboxylic acids is 1. The van der Waals surface area contributed by atoms with Crippen LogP contribution in [0.2, 0.25) is 0 Å². The predicted octanol–water partition coefficient (Wildman–Crippen LogP) is -0.0511. The van der Waals surface area contributed by atoms with Crippen molar-refractivity contribution in [2.45, 2.75) is 19.8 Å². The van der Waals surface area contributed by atoms with Crippen molar-refractivity contribution in [1.29, 1.82) is 0 Å². The van der Waals surface area contributed by atoms with Gasteiger partial charge < -0.3 is 15.3 Å². The zero-order valence-corrected chi connectivity index (χ0v) is 11.7. The summed E-state index contributed by atoms with van der Waals surface area (Å²) >= 11 is 0. The molecule has 1 rings (SSSR count). The maximum atomic E-state index is 11.6. The van der Waals surface area contributed by atoms with E-state index in [1.54, 1.807) is 0 Å². The molecular weight excluding hydrogens is 248 g/mol. The number of nitrogens with zero attached hydrogens (tertiary/aromatic N) is 2. The number of hydrazine groups is 1. The predicted molar refractivity (Wildman–Crippen MR) is 71.6 cm³/mol. The number of carbonyl (C=O) groups excluding carboxylic acids is 1. The van der Waals surface area contributed by atoms with E-state index < -0.39 is 5.97 Å². The fourth-order valence-corrected chi connectivity index (χ4v) is 1.84. The largest absolute Gasteiger partial charge is 0.481 e. The maximum absolute atomic E-state index is 11.6. The second kappa shape index (κ2) is 7.96. The smallest absolute Gasteiger partial charge is 0.329 e. The van der Waals surface area contributed by atoms with Gasteiger partial charge in [-0.25, -0.2) is 9.80 Å². The van der Waals surface area contributed by atoms with E-state index in [2.05, 4.69) is 22.7 Å². The molecule has 0 spiro atoms. The first-order valence-electron chi connectivity index (χ1n) is 6.67. The van der Waals surface area contributed by atoms with E-state index >= 15 is 0 Å². The lowest BCUT2D eigenvalue weighted by atomic mass is 10.1. The van der Waals surface area contributed by atoms with Crippen molar-refractivity contribution in [3.8, 4) is 0 Å². The molecule has 1 saturated heterocycles. The van der Waals surface area contributed by atoms with Gasteiger partial charge in [0.2, 0.25) is 0 Å². The average molecular weight is 272 g/mol. The van der Waals surface area contributed by atoms with Gasteiger partial charge in [0.1, 0.15) is 0 Å². The molecule has 3 N–H and O–H groups in total. The standard InChI is InChI=1S/C12H24N4O3/c1-10(3-4-11(17)18)9-13-12(19)14-16-7-5-15(2)6-8-16/h10H,3-9H2,1-2H3,(H,17,18)(H2,13,14,19). The van der Waals surface area contributed by atoms with Crippen LogP contribution in [-0.4, -0.2) is 66.8 Å². The van der Waals surface area contributed by atoms with Crippen LogP contribution in [0.5, 0.6) is 0 Å². The minimum Gasteiger partial charge on any atom is -0.481 e. The molecule has 1 atom stereocenters. The van der Waals surface area contributed by atoms with Crippen molar-refractivity contribution < 1.29 is 14.7 Å². The normalized spacial score (nSPS) is 18.8. The molecular formula is C12H24N4O3. The quantitative estimate of drug-likeness (QED) is 0.631. The topological polar surface area (TPSA) is 84.9 Å². The van der Waals surface area contributed by atoms with Crippen molar-refractivity contribution in [2.24, 2.45) is 5.92 Å². The van der Waals surface area contributed by atoms with Crippen LogP contribution in [0.1, 0.15) is 19.8 Å². The summed E-state index contributed by atoms with van der Waals surface area (Å²) in [4.78, 5) is 24.3. The van der Waals surface area contributed by atoms with Gasteiger partial charge in [-0.15, -0.1) is 0 Å². The van der Waals surface area contributed by atoms with Crippen molar-refractivity contribution >= 4 is 12.0 Å². The number of piperazine rings is 1. The molecule has 1 fully saturated rings. The van der Waals surface area contributed by atoms with Gasteiger partial charge in [0.25, 0.3) is 0 Å². The molecule has 2 amide bonds. The molecule has 0 aliphatic carbocycles. The molecule has 7 nitrogen and oxygen atoms in total. The van der Waals surface area contributed by atoms with Crippen LogP contribution in [0.3, 0.4) is 0 Å². The van der Waals surface area contributed by atoms with E-state index in [1.807, 2.05) is 11.9 Å². The highest BCUT2D eigenvalue weighted by atomic mass is 16.4. The molecule has 19 heavy (non-hydrogen) atoms. The summed E-state index contributed by atoms with van der Waals surface area (Å²) < 4.78 is 0. The molecule has 0 aromatic rings. The van der Waals surface area contributed by atoms with E-state index in [4.69, 9.17) is 5.11 Å². The number of carbonyl (C=O) groups is 2. The van der Waals surface area contributed by atoms with E-state index in [9.17, 15) is 9.59 Å². The second-order valence-electron chi connectivity index (χ2n) is 5.15. The van der Waals surface area contributed by atoms with Gasteiger partial charge in [-0.05, 0) is 19.4 Å². The summed E-state index contributed by atoms with van der Waals surface area (Å²) in [6, 6.07) is -0.216.